The van der Waals surface area contributed by atoms with Gasteiger partial charge in [0, 0.05) is 0 Å². The predicted octanol–water partition coefficient (Wildman–Crippen LogP) is -0.273. The molecule has 1 rings (SSSR count). The highest BCUT2D eigenvalue weighted by Gasteiger charge is 1.87. The molecule has 0 aliphatic heterocycles. The lowest BCUT2D eigenvalue weighted by atomic mass is 10.4. The van der Waals surface area contributed by atoms with Crippen molar-refractivity contribution in [3.8, 4) is 0 Å². The summed E-state index contributed by atoms with van der Waals surface area (Å²) < 4.78 is 0. The lowest BCUT2D eigenvalue weighted by Gasteiger charge is -1.87. The van der Waals surface area contributed by atoms with Crippen LogP contribution in [0, 0.1) is 0 Å². The van der Waals surface area contributed by atoms with Crippen LogP contribution >= 0.6 is 0 Å². The smallest absolute Gasteiger partial charge is 0.244 e. The van der Waals surface area contributed by atoms with Crippen molar-refractivity contribution in [3.05, 3.63) is 22.4 Å². The highest BCUT2D eigenvalue weighted by Crippen LogP contribution is 1.83. The van der Waals surface area contributed by atoms with Gasteiger partial charge in [-0.3, -0.25) is 0 Å². The van der Waals surface area contributed by atoms with Crippen molar-refractivity contribution < 1.29 is 0 Å². The van der Waals surface area contributed by atoms with E-state index in [4.69, 9.17) is 0 Å². The average molecular weight is 125 g/mol. The summed E-state index contributed by atoms with van der Waals surface area (Å²) in [5.74, 6) is 0. The molecule has 0 amide bonds. The van der Waals surface area contributed by atoms with Gasteiger partial charge in [0.2, 0.25) is 0 Å². The summed E-state index contributed by atoms with van der Waals surface area (Å²) in [5.41, 5.74) is 0.404. The molecule has 0 spiro atoms. The van der Waals surface area contributed by atoms with E-state index in [0.29, 0.717) is 0 Å². The molecule has 1 heterocycles. The van der Waals surface area contributed by atoms with Gasteiger partial charge in [-0.15, -0.1) is 0 Å². The molecule has 0 saturated carbocycles. The van der Waals surface area contributed by atoms with Crippen molar-refractivity contribution in [2.75, 3.05) is 0 Å². The zero-order chi connectivity index (χ0) is 6.69. The maximum atomic E-state index is 10.3. The van der Waals surface area contributed by atoms with Crippen LogP contribution in [0.15, 0.2) is 11.0 Å². The van der Waals surface area contributed by atoms with Gasteiger partial charge in [-0.25, -0.2) is 9.89 Å². The number of aromatic amines is 1. The van der Waals surface area contributed by atoms with Gasteiger partial charge in [0.1, 0.15) is 0 Å². The molecule has 9 heavy (non-hydrogen) atoms. The van der Waals surface area contributed by atoms with Crippen LogP contribution in [0.4, 0.5) is 0 Å². The molecule has 0 bridgehead atoms. The first-order valence-electron chi connectivity index (χ1n) is 2.73. The second kappa shape index (κ2) is 2.39. The molecule has 0 unspecified atom stereocenters. The van der Waals surface area contributed by atoms with Gasteiger partial charge in [-0.2, -0.15) is 10.1 Å². The van der Waals surface area contributed by atoms with E-state index in [1.807, 2.05) is 6.92 Å². The van der Waals surface area contributed by atoms with Crippen LogP contribution in [-0.4, -0.2) is 15.2 Å². The fourth-order valence-electron chi connectivity index (χ4n) is 0.481. The summed E-state index contributed by atoms with van der Waals surface area (Å²) in [4.78, 5) is 13.8. The molecule has 0 atom stereocenters. The maximum Gasteiger partial charge on any atom is 0.361 e. The van der Waals surface area contributed by atoms with Crippen LogP contribution in [0.1, 0.15) is 12.6 Å². The van der Waals surface area contributed by atoms with E-state index in [1.54, 1.807) is 0 Å². The van der Waals surface area contributed by atoms with Gasteiger partial charge in [-0.1, -0.05) is 6.92 Å². The Morgan fingerprint density at radius 1 is 1.78 bits per heavy atom. The van der Waals surface area contributed by atoms with Crippen LogP contribution in [-0.2, 0) is 6.42 Å². The van der Waals surface area contributed by atoms with Crippen LogP contribution < -0.4 is 5.69 Å². The van der Waals surface area contributed by atoms with Gasteiger partial charge >= 0.3 is 5.69 Å². The first-order chi connectivity index (χ1) is 4.33. The summed E-state index contributed by atoms with van der Waals surface area (Å²) in [6, 6.07) is 0. The molecular weight excluding hydrogens is 118 g/mol. The van der Waals surface area contributed by atoms with Gasteiger partial charge in [-0.05, 0) is 6.42 Å². The van der Waals surface area contributed by atoms with E-state index in [0.717, 1.165) is 12.1 Å². The number of aromatic nitrogens is 3. The topological polar surface area (TPSA) is 58.6 Å². The monoisotopic (exact) mass is 125 g/mol. The highest BCUT2D eigenvalue weighted by molar-refractivity contribution is 4.88. The third-order valence-corrected chi connectivity index (χ3v) is 0.988. The Morgan fingerprint density at radius 3 is 3.00 bits per heavy atom. The largest absolute Gasteiger partial charge is 0.361 e. The Morgan fingerprint density at radius 2 is 2.56 bits per heavy atom. The lowest BCUT2D eigenvalue weighted by molar-refractivity contribution is 0.842. The molecule has 0 aliphatic carbocycles. The highest BCUT2D eigenvalue weighted by atomic mass is 16.1. The third-order valence-electron chi connectivity index (χ3n) is 0.988. The summed E-state index contributed by atoms with van der Waals surface area (Å²) in [6.45, 7) is 1.95. The zero-order valence-corrected chi connectivity index (χ0v) is 5.09. The normalized spacial score (nSPS) is 9.44. The molecule has 0 aliphatic rings. The predicted molar refractivity (Wildman–Crippen MR) is 32.0 cm³/mol. The average Bonchev–Trinajstić information content (AvgIpc) is 1.90. The van der Waals surface area contributed by atoms with Crippen molar-refractivity contribution in [2.45, 2.75) is 13.3 Å². The van der Waals surface area contributed by atoms with Crippen molar-refractivity contribution in [3.63, 3.8) is 0 Å². The summed E-state index contributed by atoms with van der Waals surface area (Å²) >= 11 is 0. The van der Waals surface area contributed by atoms with E-state index in [9.17, 15) is 4.79 Å². The molecule has 4 nitrogen and oxygen atoms in total. The fraction of sp³-hybridized carbons (Fsp3) is 0.400. The molecule has 1 aromatic heterocycles. The number of nitrogens with one attached hydrogen (secondary N) is 1. The van der Waals surface area contributed by atoms with E-state index < -0.39 is 5.69 Å². The Kier molecular flexibility index (Phi) is 1.58. The van der Waals surface area contributed by atoms with Crippen molar-refractivity contribution >= 4 is 0 Å². The molecule has 1 N–H and O–H groups in total. The van der Waals surface area contributed by atoms with Crippen LogP contribution in [0.2, 0.25) is 0 Å². The maximum absolute atomic E-state index is 10.3. The number of aryl methyl sites for hydroxylation is 1. The van der Waals surface area contributed by atoms with Gasteiger partial charge in [0.15, 0.2) is 0 Å². The molecule has 48 valence electrons. The first kappa shape index (κ1) is 5.94. The van der Waals surface area contributed by atoms with Gasteiger partial charge in [0.05, 0.1) is 11.9 Å². The number of hydrogen-bond acceptors (Lipinski definition) is 3. The lowest BCUT2D eigenvalue weighted by Crippen LogP contribution is -2.12. The SMILES string of the molecule is CCc1cnc(=O)[nH]n1. The Hall–Kier alpha value is -1.19. The summed E-state index contributed by atoms with van der Waals surface area (Å²) in [5, 5.41) is 5.93. The molecule has 4 heteroatoms. The second-order valence-corrected chi connectivity index (χ2v) is 1.63. The molecule has 0 saturated heterocycles. The number of nitrogens with zero attached hydrogens (tertiary/aromatic N) is 2. The Bertz CT molecular complexity index is 222. The molecule has 0 fully saturated rings. The van der Waals surface area contributed by atoms with E-state index >= 15 is 0 Å². The second-order valence-electron chi connectivity index (χ2n) is 1.63. The fourth-order valence-corrected chi connectivity index (χ4v) is 0.481. The minimum absolute atomic E-state index is 0.396. The van der Waals surface area contributed by atoms with Crippen molar-refractivity contribution in [2.24, 2.45) is 0 Å². The summed E-state index contributed by atoms with van der Waals surface area (Å²) in [7, 11) is 0. The zero-order valence-electron chi connectivity index (χ0n) is 5.09. The standard InChI is InChI=1S/C5H7N3O/c1-2-4-3-6-5(9)8-7-4/h3H,2H2,1H3,(H,6,8,9). The van der Waals surface area contributed by atoms with Crippen LogP contribution in [0.5, 0.6) is 0 Å². The quantitative estimate of drug-likeness (QED) is 0.562. The number of H-pyrrole nitrogens is 1. The Balaban J connectivity index is 3.02. The van der Waals surface area contributed by atoms with Crippen LogP contribution in [0.25, 0.3) is 0 Å². The number of rotatable bonds is 1. The van der Waals surface area contributed by atoms with Gasteiger partial charge in [0.25, 0.3) is 0 Å². The minimum Gasteiger partial charge on any atom is -0.244 e. The van der Waals surface area contributed by atoms with Crippen molar-refractivity contribution in [1.29, 1.82) is 0 Å². The van der Waals surface area contributed by atoms with Gasteiger partial charge < -0.3 is 0 Å². The number of hydrogen-bond donors (Lipinski definition) is 1. The minimum atomic E-state index is -0.396. The molecular formula is C5H7N3O. The molecule has 0 radical (unpaired) electrons. The first-order valence-corrected chi connectivity index (χ1v) is 2.73. The van der Waals surface area contributed by atoms with Crippen LogP contribution in [0.3, 0.4) is 0 Å². The molecule has 1 aromatic rings. The molecule has 0 aromatic carbocycles. The summed E-state index contributed by atoms with van der Waals surface area (Å²) in [6.07, 6.45) is 2.27. The van der Waals surface area contributed by atoms with E-state index in [2.05, 4.69) is 15.2 Å². The van der Waals surface area contributed by atoms with E-state index in [1.165, 1.54) is 6.20 Å². The third kappa shape index (κ3) is 1.35. The van der Waals surface area contributed by atoms with E-state index in [-0.39, 0.29) is 0 Å². The Labute approximate surface area is 52.0 Å². The van der Waals surface area contributed by atoms with Crippen molar-refractivity contribution in [1.82, 2.24) is 15.2 Å².